The second-order valence-corrected chi connectivity index (χ2v) is 7.68. The smallest absolute Gasteiger partial charge is 0.288 e. The van der Waals surface area contributed by atoms with E-state index in [1.54, 1.807) is 4.68 Å². The Balaban J connectivity index is 2.05. The van der Waals surface area contributed by atoms with Gasteiger partial charge in [0.1, 0.15) is 5.69 Å². The lowest BCUT2D eigenvalue weighted by Gasteiger charge is -2.22. The van der Waals surface area contributed by atoms with Gasteiger partial charge in [-0.25, -0.2) is 14.6 Å². The number of aryl methyl sites for hydroxylation is 1. The first-order chi connectivity index (χ1) is 14.4. The zero-order valence-electron chi connectivity index (χ0n) is 18.0. The molecule has 1 aromatic carbocycles. The lowest BCUT2D eigenvalue weighted by Crippen LogP contribution is -2.14. The fourth-order valence-corrected chi connectivity index (χ4v) is 3.29. The van der Waals surface area contributed by atoms with E-state index < -0.39 is 5.91 Å². The van der Waals surface area contributed by atoms with Gasteiger partial charge in [-0.3, -0.25) is 4.79 Å². The molecule has 158 valence electrons. The Hall–Kier alpha value is -3.06. The van der Waals surface area contributed by atoms with Crippen LogP contribution in [-0.2, 0) is 4.74 Å². The summed E-state index contributed by atoms with van der Waals surface area (Å²) in [7, 11) is 0. The van der Waals surface area contributed by atoms with Gasteiger partial charge in [0.25, 0.3) is 5.91 Å². The van der Waals surface area contributed by atoms with Crippen LogP contribution in [0.15, 0.2) is 42.5 Å². The molecule has 2 aromatic heterocycles. The maximum absolute atomic E-state index is 11.8. The molecule has 7 nitrogen and oxygen atoms in total. The van der Waals surface area contributed by atoms with Gasteiger partial charge in [0.05, 0.1) is 11.8 Å². The summed E-state index contributed by atoms with van der Waals surface area (Å²) in [5.74, 6) is 0.0599. The van der Waals surface area contributed by atoms with Crippen LogP contribution in [0.3, 0.4) is 0 Å². The highest BCUT2D eigenvalue weighted by atomic mass is 16.5. The van der Waals surface area contributed by atoms with E-state index in [0.717, 1.165) is 36.4 Å². The minimum atomic E-state index is -0.679. The molecule has 2 N–H and O–H groups in total. The summed E-state index contributed by atoms with van der Waals surface area (Å²) in [6, 6.07) is 13.6. The van der Waals surface area contributed by atoms with Crippen LogP contribution >= 0.6 is 0 Å². The van der Waals surface area contributed by atoms with E-state index in [4.69, 9.17) is 10.5 Å². The standard InChI is InChI=1S/C23H29N5O2/c1-5-6-13-30-20(15(2)3)17-10-8-11-18(14-17)28-23(26-22(27-28)21(24)29)19-12-7-9-16(4)25-19/h7-12,14-15,20H,5-6,13H2,1-4H3,(H2,24,29). The number of unbranched alkanes of at least 4 members (excludes halogenated alkanes) is 1. The van der Waals surface area contributed by atoms with Crippen LogP contribution in [0.5, 0.6) is 0 Å². The van der Waals surface area contributed by atoms with Crippen LogP contribution < -0.4 is 5.73 Å². The SMILES string of the molecule is CCCCOC(c1cccc(-n2nc(C(N)=O)nc2-c2cccc(C)n2)c1)C(C)C. The third-order valence-corrected chi connectivity index (χ3v) is 4.79. The molecule has 0 aliphatic rings. The number of ether oxygens (including phenoxy) is 1. The molecular formula is C23H29N5O2. The summed E-state index contributed by atoms with van der Waals surface area (Å²) in [6.45, 7) is 9.06. The van der Waals surface area contributed by atoms with Gasteiger partial charge >= 0.3 is 0 Å². The van der Waals surface area contributed by atoms with Gasteiger partial charge in [0.2, 0.25) is 5.82 Å². The number of carbonyl (C=O) groups excluding carboxylic acids is 1. The summed E-state index contributed by atoms with van der Waals surface area (Å²) in [5, 5.41) is 4.36. The molecule has 1 unspecified atom stereocenters. The fourth-order valence-electron chi connectivity index (χ4n) is 3.29. The molecule has 1 atom stereocenters. The monoisotopic (exact) mass is 407 g/mol. The minimum Gasteiger partial charge on any atom is -0.373 e. The zero-order chi connectivity index (χ0) is 21.7. The molecule has 3 rings (SSSR count). The highest BCUT2D eigenvalue weighted by Crippen LogP contribution is 2.29. The van der Waals surface area contributed by atoms with Crippen LogP contribution in [0, 0.1) is 12.8 Å². The van der Waals surface area contributed by atoms with E-state index in [9.17, 15) is 4.79 Å². The van der Waals surface area contributed by atoms with Crippen LogP contribution in [0.1, 0.15) is 61.6 Å². The predicted molar refractivity (Wildman–Crippen MR) is 116 cm³/mol. The molecule has 2 heterocycles. The number of amides is 1. The molecule has 0 aliphatic heterocycles. The number of hydrogen-bond acceptors (Lipinski definition) is 5. The normalized spacial score (nSPS) is 12.3. The van der Waals surface area contributed by atoms with E-state index in [1.807, 2.05) is 43.3 Å². The molecular weight excluding hydrogens is 378 g/mol. The molecule has 1 amide bonds. The van der Waals surface area contributed by atoms with Gasteiger partial charge in [-0.05, 0) is 49.1 Å². The number of pyridine rings is 1. The van der Waals surface area contributed by atoms with Crippen molar-refractivity contribution in [1.82, 2.24) is 19.7 Å². The van der Waals surface area contributed by atoms with E-state index in [0.29, 0.717) is 17.4 Å². The Morgan fingerprint density at radius 3 is 2.60 bits per heavy atom. The van der Waals surface area contributed by atoms with Crippen molar-refractivity contribution in [3.8, 4) is 17.2 Å². The number of benzene rings is 1. The number of carbonyl (C=O) groups is 1. The minimum absolute atomic E-state index is 0.0313. The Labute approximate surface area is 177 Å². The van der Waals surface area contributed by atoms with Crippen molar-refractivity contribution in [2.45, 2.75) is 46.6 Å². The average Bonchev–Trinajstić information content (AvgIpc) is 3.17. The van der Waals surface area contributed by atoms with Crippen LogP contribution in [0.4, 0.5) is 0 Å². The van der Waals surface area contributed by atoms with Crippen molar-refractivity contribution in [1.29, 1.82) is 0 Å². The van der Waals surface area contributed by atoms with E-state index >= 15 is 0 Å². The summed E-state index contributed by atoms with van der Waals surface area (Å²) in [6.07, 6.45) is 2.08. The molecule has 0 saturated heterocycles. The number of nitrogens with zero attached hydrogens (tertiary/aromatic N) is 4. The van der Waals surface area contributed by atoms with Crippen LogP contribution in [0.25, 0.3) is 17.2 Å². The molecule has 30 heavy (non-hydrogen) atoms. The maximum Gasteiger partial charge on any atom is 0.288 e. The Bertz CT molecular complexity index is 1010. The largest absolute Gasteiger partial charge is 0.373 e. The van der Waals surface area contributed by atoms with Crippen molar-refractivity contribution in [3.05, 3.63) is 59.5 Å². The van der Waals surface area contributed by atoms with Crippen LogP contribution in [-0.4, -0.2) is 32.3 Å². The molecule has 0 saturated carbocycles. The van der Waals surface area contributed by atoms with Crippen molar-refractivity contribution >= 4 is 5.91 Å². The van der Waals surface area contributed by atoms with E-state index in [2.05, 4.69) is 41.9 Å². The molecule has 7 heteroatoms. The van der Waals surface area contributed by atoms with Crippen molar-refractivity contribution in [2.24, 2.45) is 11.7 Å². The van der Waals surface area contributed by atoms with Gasteiger partial charge in [0, 0.05) is 12.3 Å². The second kappa shape index (κ2) is 9.63. The molecule has 0 bridgehead atoms. The van der Waals surface area contributed by atoms with Gasteiger partial charge in [-0.15, -0.1) is 5.10 Å². The van der Waals surface area contributed by atoms with Crippen molar-refractivity contribution in [2.75, 3.05) is 6.61 Å². The summed E-state index contributed by atoms with van der Waals surface area (Å²) in [4.78, 5) is 20.6. The van der Waals surface area contributed by atoms with Gasteiger partial charge < -0.3 is 10.5 Å². The Kier molecular flexibility index (Phi) is 6.95. The Morgan fingerprint density at radius 2 is 1.93 bits per heavy atom. The third kappa shape index (κ3) is 4.91. The highest BCUT2D eigenvalue weighted by molar-refractivity contribution is 5.89. The predicted octanol–water partition coefficient (Wildman–Crippen LogP) is 4.25. The number of primary amides is 1. The van der Waals surface area contributed by atoms with Gasteiger partial charge in [-0.1, -0.05) is 45.4 Å². The number of hydrogen-bond donors (Lipinski definition) is 1. The zero-order valence-corrected chi connectivity index (χ0v) is 18.0. The lowest BCUT2D eigenvalue weighted by molar-refractivity contribution is 0.0194. The molecule has 0 radical (unpaired) electrons. The molecule has 0 fully saturated rings. The highest BCUT2D eigenvalue weighted by Gasteiger charge is 2.21. The summed E-state index contributed by atoms with van der Waals surface area (Å²) < 4.78 is 7.78. The van der Waals surface area contributed by atoms with Crippen molar-refractivity contribution < 1.29 is 9.53 Å². The Morgan fingerprint density at radius 1 is 1.17 bits per heavy atom. The van der Waals surface area contributed by atoms with Crippen molar-refractivity contribution in [3.63, 3.8) is 0 Å². The third-order valence-electron chi connectivity index (χ3n) is 4.79. The summed E-state index contributed by atoms with van der Waals surface area (Å²) in [5.41, 5.74) is 8.75. The quantitative estimate of drug-likeness (QED) is 0.535. The fraction of sp³-hybridized carbons (Fsp3) is 0.391. The first-order valence-electron chi connectivity index (χ1n) is 10.3. The van der Waals surface area contributed by atoms with E-state index in [1.165, 1.54) is 0 Å². The first kappa shape index (κ1) is 21.6. The van der Waals surface area contributed by atoms with Crippen LogP contribution in [0.2, 0.25) is 0 Å². The first-order valence-corrected chi connectivity index (χ1v) is 10.3. The molecule has 0 spiro atoms. The molecule has 0 aliphatic carbocycles. The van der Waals surface area contributed by atoms with Gasteiger partial charge in [0.15, 0.2) is 5.82 Å². The number of aromatic nitrogens is 4. The number of rotatable bonds is 9. The van der Waals surface area contributed by atoms with E-state index in [-0.39, 0.29) is 11.9 Å². The summed E-state index contributed by atoms with van der Waals surface area (Å²) >= 11 is 0. The lowest BCUT2D eigenvalue weighted by atomic mass is 9.98. The second-order valence-electron chi connectivity index (χ2n) is 7.68. The molecule has 3 aromatic rings. The number of nitrogens with two attached hydrogens (primary N) is 1. The topological polar surface area (TPSA) is 95.9 Å². The average molecular weight is 408 g/mol. The van der Waals surface area contributed by atoms with Gasteiger partial charge in [-0.2, -0.15) is 0 Å². The maximum atomic E-state index is 11.8.